The lowest BCUT2D eigenvalue weighted by Gasteiger charge is -2.23. The molecule has 0 aliphatic carbocycles. The molecule has 1 atom stereocenters. The van der Waals surface area contributed by atoms with Gasteiger partial charge in [-0.15, -0.1) is 0 Å². The number of rotatable bonds is 15. The first-order valence-electron chi connectivity index (χ1n) is 11.3. The van der Waals surface area contributed by atoms with E-state index in [1.807, 2.05) is 23.1 Å². The van der Waals surface area contributed by atoms with E-state index in [1.54, 1.807) is 0 Å². The van der Waals surface area contributed by atoms with Gasteiger partial charge in [-0.2, -0.15) is 0 Å². The second-order valence-electron chi connectivity index (χ2n) is 8.40. The highest BCUT2D eigenvalue weighted by Crippen LogP contribution is 2.27. The molecule has 1 unspecified atom stereocenters. The minimum atomic E-state index is -0.130. The fourth-order valence-corrected chi connectivity index (χ4v) is 3.50. The van der Waals surface area contributed by atoms with E-state index in [-0.39, 0.29) is 11.5 Å². The van der Waals surface area contributed by atoms with Gasteiger partial charge in [-0.3, -0.25) is 4.79 Å². The van der Waals surface area contributed by atoms with Gasteiger partial charge in [0.25, 0.3) is 0 Å². The molecule has 0 saturated carbocycles. The molecule has 1 amide bonds. The molecule has 0 spiro atoms. The first-order valence-corrected chi connectivity index (χ1v) is 11.3. The summed E-state index contributed by atoms with van der Waals surface area (Å²) in [5.74, 6) is 0.261. The molecule has 0 N–H and O–H groups in total. The zero-order chi connectivity index (χ0) is 20.1. The maximum Gasteiger partial charge on any atom is 0.222 e. The van der Waals surface area contributed by atoms with Crippen LogP contribution in [0.1, 0.15) is 83.6 Å². The maximum atomic E-state index is 12.7. The molecule has 3 nitrogen and oxygen atoms in total. The van der Waals surface area contributed by atoms with Crippen LogP contribution in [0.5, 0.6) is 0 Å². The Kier molecular flexibility index (Phi) is 10.3. The van der Waals surface area contributed by atoms with Crippen molar-refractivity contribution < 1.29 is 9.53 Å². The Labute approximate surface area is 172 Å². The molecule has 1 aromatic carbocycles. The van der Waals surface area contributed by atoms with Crippen molar-refractivity contribution in [2.24, 2.45) is 0 Å². The third kappa shape index (κ3) is 9.54. The predicted octanol–water partition coefficient (Wildman–Crippen LogP) is 6.24. The number of hydrogen-bond donors (Lipinski definition) is 0. The summed E-state index contributed by atoms with van der Waals surface area (Å²) in [5, 5.41) is 0. The van der Waals surface area contributed by atoms with Gasteiger partial charge in [0.1, 0.15) is 5.60 Å². The van der Waals surface area contributed by atoms with E-state index < -0.39 is 0 Å². The number of carbonyl (C=O) groups excluding carboxylic acids is 1. The van der Waals surface area contributed by atoms with Gasteiger partial charge >= 0.3 is 0 Å². The van der Waals surface area contributed by atoms with Crippen molar-refractivity contribution in [2.75, 3.05) is 19.7 Å². The normalized spacial score (nSPS) is 18.5. The lowest BCUT2D eigenvalue weighted by Crippen LogP contribution is -2.38. The van der Waals surface area contributed by atoms with E-state index in [1.165, 1.54) is 56.9 Å². The summed E-state index contributed by atoms with van der Waals surface area (Å²) in [4.78, 5) is 14.7. The SMILES string of the molecule is CCCCCCCCCCCC(=O)N(CC=Cc1ccccc1)CC1(C)CO1. The Morgan fingerprint density at radius 1 is 1.04 bits per heavy atom. The average molecular weight is 386 g/mol. The molecule has 1 fully saturated rings. The molecule has 2 rings (SSSR count). The first kappa shape index (κ1) is 22.7. The zero-order valence-electron chi connectivity index (χ0n) is 18.0. The largest absolute Gasteiger partial charge is 0.368 e. The monoisotopic (exact) mass is 385 g/mol. The number of carbonyl (C=O) groups is 1. The fourth-order valence-electron chi connectivity index (χ4n) is 3.50. The molecular formula is C25H39NO2. The number of epoxide rings is 1. The molecule has 0 aromatic heterocycles. The number of amides is 1. The Morgan fingerprint density at radius 2 is 1.64 bits per heavy atom. The van der Waals surface area contributed by atoms with Gasteiger partial charge in [0.2, 0.25) is 5.91 Å². The summed E-state index contributed by atoms with van der Waals surface area (Å²) in [5.41, 5.74) is 1.04. The van der Waals surface area contributed by atoms with E-state index in [9.17, 15) is 4.79 Å². The van der Waals surface area contributed by atoms with Crippen molar-refractivity contribution >= 4 is 12.0 Å². The second kappa shape index (κ2) is 12.8. The number of hydrogen-bond acceptors (Lipinski definition) is 2. The van der Waals surface area contributed by atoms with Crippen LogP contribution in [0.3, 0.4) is 0 Å². The first-order chi connectivity index (χ1) is 13.6. The number of ether oxygens (including phenoxy) is 1. The van der Waals surface area contributed by atoms with Gasteiger partial charge in [0.05, 0.1) is 13.2 Å². The van der Waals surface area contributed by atoms with Gasteiger partial charge in [0.15, 0.2) is 0 Å². The molecule has 3 heteroatoms. The maximum absolute atomic E-state index is 12.7. The molecule has 1 aliphatic rings. The molecule has 0 bridgehead atoms. The highest BCUT2D eigenvalue weighted by molar-refractivity contribution is 5.76. The van der Waals surface area contributed by atoms with Crippen LogP contribution in [0.2, 0.25) is 0 Å². The van der Waals surface area contributed by atoms with Crippen LogP contribution >= 0.6 is 0 Å². The van der Waals surface area contributed by atoms with Crippen molar-refractivity contribution in [3.8, 4) is 0 Å². The van der Waals surface area contributed by atoms with Crippen LogP contribution in [-0.4, -0.2) is 36.1 Å². The van der Waals surface area contributed by atoms with Gasteiger partial charge in [-0.25, -0.2) is 0 Å². The van der Waals surface area contributed by atoms with E-state index in [2.05, 4.69) is 38.1 Å². The lowest BCUT2D eigenvalue weighted by molar-refractivity contribution is -0.131. The van der Waals surface area contributed by atoms with Gasteiger partial charge in [0, 0.05) is 13.0 Å². The van der Waals surface area contributed by atoms with Crippen molar-refractivity contribution in [3.63, 3.8) is 0 Å². The topological polar surface area (TPSA) is 32.8 Å². The summed E-state index contributed by atoms with van der Waals surface area (Å²) >= 11 is 0. The summed E-state index contributed by atoms with van der Waals surface area (Å²) in [6.07, 6.45) is 16.4. The highest BCUT2D eigenvalue weighted by atomic mass is 16.6. The van der Waals surface area contributed by atoms with Gasteiger partial charge < -0.3 is 9.64 Å². The third-order valence-electron chi connectivity index (χ3n) is 5.45. The molecule has 0 radical (unpaired) electrons. The van der Waals surface area contributed by atoms with Crippen molar-refractivity contribution in [1.29, 1.82) is 0 Å². The third-order valence-corrected chi connectivity index (χ3v) is 5.45. The molecular weight excluding hydrogens is 346 g/mol. The molecule has 1 saturated heterocycles. The fraction of sp³-hybridized carbons (Fsp3) is 0.640. The number of benzene rings is 1. The molecule has 156 valence electrons. The Hall–Kier alpha value is -1.61. The van der Waals surface area contributed by atoms with Crippen LogP contribution in [-0.2, 0) is 9.53 Å². The number of nitrogens with zero attached hydrogens (tertiary/aromatic N) is 1. The summed E-state index contributed by atoms with van der Waals surface area (Å²) in [7, 11) is 0. The van der Waals surface area contributed by atoms with Crippen molar-refractivity contribution in [1.82, 2.24) is 4.90 Å². The lowest BCUT2D eigenvalue weighted by atomic mass is 10.1. The standard InChI is InChI=1S/C25H39NO2/c1-3-4-5-6-7-8-9-10-14-19-24(27)26(21-25(2)22-28-25)20-15-18-23-16-12-11-13-17-23/h11-13,15-18H,3-10,14,19-22H2,1-2H3. The van der Waals surface area contributed by atoms with Crippen LogP contribution < -0.4 is 0 Å². The predicted molar refractivity (Wildman–Crippen MR) is 118 cm³/mol. The minimum absolute atomic E-state index is 0.130. The second-order valence-corrected chi connectivity index (χ2v) is 8.40. The Morgan fingerprint density at radius 3 is 2.25 bits per heavy atom. The van der Waals surface area contributed by atoms with Crippen LogP contribution in [0, 0.1) is 0 Å². The molecule has 1 heterocycles. The molecule has 1 aromatic rings. The van der Waals surface area contributed by atoms with Crippen LogP contribution in [0.4, 0.5) is 0 Å². The molecule has 1 aliphatic heterocycles. The highest BCUT2D eigenvalue weighted by Gasteiger charge is 2.41. The average Bonchev–Trinajstić information content (AvgIpc) is 3.43. The van der Waals surface area contributed by atoms with Crippen LogP contribution in [0.15, 0.2) is 36.4 Å². The summed E-state index contributed by atoms with van der Waals surface area (Å²) < 4.78 is 5.52. The Bertz CT molecular complexity index is 577. The van der Waals surface area contributed by atoms with E-state index in [0.717, 1.165) is 13.0 Å². The van der Waals surface area contributed by atoms with E-state index in [0.29, 0.717) is 19.5 Å². The van der Waals surface area contributed by atoms with Gasteiger partial charge in [-0.05, 0) is 18.9 Å². The summed E-state index contributed by atoms with van der Waals surface area (Å²) in [6.45, 7) is 6.46. The minimum Gasteiger partial charge on any atom is -0.368 e. The van der Waals surface area contributed by atoms with E-state index in [4.69, 9.17) is 4.74 Å². The van der Waals surface area contributed by atoms with Crippen molar-refractivity contribution in [2.45, 2.75) is 83.7 Å². The number of unbranched alkanes of at least 4 members (excludes halogenated alkanes) is 8. The van der Waals surface area contributed by atoms with Crippen LogP contribution in [0.25, 0.3) is 6.08 Å². The van der Waals surface area contributed by atoms with E-state index >= 15 is 0 Å². The van der Waals surface area contributed by atoms with Crippen molar-refractivity contribution in [3.05, 3.63) is 42.0 Å². The smallest absolute Gasteiger partial charge is 0.222 e. The van der Waals surface area contributed by atoms with Gasteiger partial charge in [-0.1, -0.05) is 101 Å². The summed E-state index contributed by atoms with van der Waals surface area (Å²) in [6, 6.07) is 10.2. The molecule has 28 heavy (non-hydrogen) atoms. The zero-order valence-corrected chi connectivity index (χ0v) is 18.0. The Balaban J connectivity index is 1.67. The quantitative estimate of drug-likeness (QED) is 0.264.